The highest BCUT2D eigenvalue weighted by Crippen LogP contribution is 2.24. The van der Waals surface area contributed by atoms with Crippen molar-refractivity contribution in [3.05, 3.63) is 35.4 Å². The number of aryl methyl sites for hydroxylation is 1. The second-order valence-electron chi connectivity index (χ2n) is 15.3. The molecule has 1 aromatic carbocycles. The number of hydrogen-bond donors (Lipinski definition) is 6. The Balaban J connectivity index is 3.60. The summed E-state index contributed by atoms with van der Waals surface area (Å²) in [6, 6.07) is 0.970. The molecule has 14 nitrogen and oxygen atoms in total. The molecular weight excluding hydrogens is 668 g/mol. The van der Waals surface area contributed by atoms with Crippen LogP contribution in [0.3, 0.4) is 0 Å². The normalized spacial score (nSPS) is 14.4. The molecule has 0 heterocycles. The van der Waals surface area contributed by atoms with E-state index in [1.165, 1.54) is 6.92 Å². The maximum Gasteiger partial charge on any atom is 0.259 e. The topological polar surface area (TPSA) is 217 Å². The fourth-order valence-corrected chi connectivity index (χ4v) is 5.55. The van der Waals surface area contributed by atoms with Crippen LogP contribution in [-0.2, 0) is 40.0 Å². The minimum absolute atomic E-state index is 0.00290. The van der Waals surface area contributed by atoms with Crippen molar-refractivity contribution in [2.24, 2.45) is 23.0 Å². The zero-order chi connectivity index (χ0) is 39.9. The van der Waals surface area contributed by atoms with Crippen LogP contribution >= 0.6 is 0 Å². The molecule has 0 aliphatic carbocycles. The van der Waals surface area contributed by atoms with Gasteiger partial charge in [0.15, 0.2) is 0 Å². The van der Waals surface area contributed by atoms with E-state index >= 15 is 0 Å². The third-order valence-corrected chi connectivity index (χ3v) is 8.57. The molecule has 5 atom stereocenters. The third kappa shape index (κ3) is 14.5. The first kappa shape index (κ1) is 45.9. The smallest absolute Gasteiger partial charge is 0.259 e. The number of carbonyl (C=O) groups excluding carboxylic acids is 7. The van der Waals surface area contributed by atoms with Crippen molar-refractivity contribution < 1.29 is 38.7 Å². The summed E-state index contributed by atoms with van der Waals surface area (Å²) in [4.78, 5) is 94.6. The Hall–Kier alpha value is -4.17. The largest absolute Gasteiger partial charge is 0.394 e. The fraction of sp³-hybridized carbons (Fsp3) is 0.658. The third-order valence-electron chi connectivity index (χ3n) is 8.57. The molecule has 0 radical (unpaired) electrons. The Morgan fingerprint density at radius 2 is 1.42 bits per heavy atom. The van der Waals surface area contributed by atoms with Crippen LogP contribution in [0.1, 0.15) is 106 Å². The minimum Gasteiger partial charge on any atom is -0.394 e. The lowest BCUT2D eigenvalue weighted by Gasteiger charge is -2.35. The Morgan fingerprint density at radius 3 is 1.92 bits per heavy atom. The molecule has 0 spiro atoms. The Labute approximate surface area is 308 Å². The van der Waals surface area contributed by atoms with Crippen LogP contribution in [0.5, 0.6) is 0 Å². The molecule has 0 fully saturated rings. The van der Waals surface area contributed by atoms with E-state index < -0.39 is 89.5 Å². The molecular formula is C38H62N6O8. The SMILES string of the molecule is CCCCCC(=O)N(C(=O)[C@@H](NC(=O)[C@H](Cc1ccccc1C)NC(=O)[C@H](NC(=O)[C@H](CO)NC(C)=O)C(C)C)C(C)(C)C)C(=O)[C@@H](N)CC(C)C. The van der Waals surface area contributed by atoms with Crippen LogP contribution in [0.2, 0.25) is 0 Å². The van der Waals surface area contributed by atoms with Gasteiger partial charge in [0.05, 0.1) is 12.6 Å². The highest BCUT2D eigenvalue weighted by Gasteiger charge is 2.43. The number of carbonyl (C=O) groups is 7. The maximum absolute atomic E-state index is 14.3. The summed E-state index contributed by atoms with van der Waals surface area (Å²) < 4.78 is 0. The lowest BCUT2D eigenvalue weighted by molar-refractivity contribution is -0.158. The number of aliphatic hydroxyl groups is 1. The first-order valence-corrected chi connectivity index (χ1v) is 18.2. The van der Waals surface area contributed by atoms with Crippen LogP contribution in [-0.4, -0.2) is 88.2 Å². The molecule has 1 aromatic rings. The number of amides is 7. The van der Waals surface area contributed by atoms with Crippen LogP contribution in [0.25, 0.3) is 0 Å². The van der Waals surface area contributed by atoms with Gasteiger partial charge in [0.2, 0.25) is 29.5 Å². The van der Waals surface area contributed by atoms with E-state index in [1.807, 2.05) is 39.8 Å². The Kier molecular flexibility index (Phi) is 18.9. The number of hydrogen-bond acceptors (Lipinski definition) is 9. The zero-order valence-electron chi connectivity index (χ0n) is 32.6. The number of nitrogens with zero attached hydrogens (tertiary/aromatic N) is 1. The molecule has 0 bridgehead atoms. The van der Waals surface area contributed by atoms with Gasteiger partial charge in [-0.15, -0.1) is 0 Å². The van der Waals surface area contributed by atoms with E-state index in [0.29, 0.717) is 17.7 Å². The lowest BCUT2D eigenvalue weighted by atomic mass is 9.85. The molecule has 0 unspecified atom stereocenters. The molecule has 1 rings (SSSR count). The van der Waals surface area contributed by atoms with Crippen molar-refractivity contribution in [2.75, 3.05) is 6.61 Å². The van der Waals surface area contributed by atoms with Gasteiger partial charge in [-0.05, 0) is 48.1 Å². The van der Waals surface area contributed by atoms with E-state index in [2.05, 4.69) is 21.3 Å². The van der Waals surface area contributed by atoms with Crippen molar-refractivity contribution in [3.63, 3.8) is 0 Å². The molecule has 52 heavy (non-hydrogen) atoms. The average molecular weight is 731 g/mol. The number of nitrogens with two attached hydrogens (primary N) is 1. The van der Waals surface area contributed by atoms with Gasteiger partial charge in [-0.25, -0.2) is 4.90 Å². The summed E-state index contributed by atoms with van der Waals surface area (Å²) in [6.45, 7) is 16.4. The zero-order valence-corrected chi connectivity index (χ0v) is 32.6. The fourth-order valence-electron chi connectivity index (χ4n) is 5.55. The summed E-state index contributed by atoms with van der Waals surface area (Å²) in [5.41, 5.74) is 6.76. The summed E-state index contributed by atoms with van der Waals surface area (Å²) in [7, 11) is 0. The number of aliphatic hydroxyl groups excluding tert-OH is 1. The van der Waals surface area contributed by atoms with Gasteiger partial charge < -0.3 is 32.1 Å². The van der Waals surface area contributed by atoms with Gasteiger partial charge in [-0.1, -0.05) is 92.5 Å². The van der Waals surface area contributed by atoms with Crippen molar-refractivity contribution in [1.82, 2.24) is 26.2 Å². The Bertz CT molecular complexity index is 1410. The highest BCUT2D eigenvalue weighted by atomic mass is 16.3. The van der Waals surface area contributed by atoms with Gasteiger partial charge in [0.1, 0.15) is 24.2 Å². The number of unbranched alkanes of at least 4 members (excludes halogenated alkanes) is 2. The Morgan fingerprint density at radius 1 is 0.827 bits per heavy atom. The van der Waals surface area contributed by atoms with Gasteiger partial charge in [0, 0.05) is 19.8 Å². The van der Waals surface area contributed by atoms with Gasteiger partial charge in [-0.2, -0.15) is 0 Å². The van der Waals surface area contributed by atoms with E-state index in [9.17, 15) is 38.7 Å². The molecule has 7 N–H and O–H groups in total. The van der Waals surface area contributed by atoms with Crippen molar-refractivity contribution in [2.45, 2.75) is 138 Å². The van der Waals surface area contributed by atoms with Crippen molar-refractivity contribution >= 4 is 41.4 Å². The number of nitrogens with one attached hydrogen (secondary N) is 4. The monoisotopic (exact) mass is 730 g/mol. The minimum atomic E-state index is -1.38. The first-order chi connectivity index (χ1) is 24.2. The molecule has 292 valence electrons. The average Bonchev–Trinajstić information content (AvgIpc) is 3.04. The van der Waals surface area contributed by atoms with Crippen LogP contribution in [0.15, 0.2) is 24.3 Å². The summed E-state index contributed by atoms with van der Waals surface area (Å²) >= 11 is 0. The summed E-state index contributed by atoms with van der Waals surface area (Å²) in [5, 5.41) is 20.0. The summed E-state index contributed by atoms with van der Waals surface area (Å²) in [6.07, 6.45) is 2.16. The molecule has 0 saturated carbocycles. The van der Waals surface area contributed by atoms with Crippen LogP contribution in [0.4, 0.5) is 0 Å². The first-order valence-electron chi connectivity index (χ1n) is 18.2. The molecule has 0 aromatic heterocycles. The molecule has 0 aliphatic rings. The van der Waals surface area contributed by atoms with E-state index in [4.69, 9.17) is 5.73 Å². The number of imide groups is 3. The van der Waals surface area contributed by atoms with Crippen molar-refractivity contribution in [1.29, 1.82) is 0 Å². The predicted molar refractivity (Wildman–Crippen MR) is 198 cm³/mol. The van der Waals surface area contributed by atoms with E-state index in [0.717, 1.165) is 17.5 Å². The number of benzene rings is 1. The van der Waals surface area contributed by atoms with Gasteiger partial charge in [0.25, 0.3) is 11.8 Å². The van der Waals surface area contributed by atoms with Crippen LogP contribution in [0, 0.1) is 24.2 Å². The molecule has 0 aliphatic heterocycles. The maximum atomic E-state index is 14.3. The van der Waals surface area contributed by atoms with E-state index in [-0.39, 0.29) is 25.2 Å². The number of rotatable bonds is 19. The van der Waals surface area contributed by atoms with Crippen molar-refractivity contribution in [3.8, 4) is 0 Å². The molecule has 7 amide bonds. The van der Waals surface area contributed by atoms with Gasteiger partial charge >= 0.3 is 0 Å². The lowest BCUT2D eigenvalue weighted by Crippen LogP contribution is -2.63. The quantitative estimate of drug-likeness (QED) is 0.115. The van der Waals surface area contributed by atoms with E-state index in [1.54, 1.807) is 46.8 Å². The molecule has 14 heteroatoms. The standard InChI is InChI=1S/C38H62N6O8/c1-11-12-13-18-30(47)44(36(51)27(39)19-22(2)3)37(52)32(38(8,9)10)43-33(48)28(20-26-17-15-14-16-24(26)6)41-35(50)31(23(4)5)42-34(49)29(21-45)40-25(7)46/h14-17,22-23,27-29,31-32,45H,11-13,18-21,39H2,1-10H3,(H,40,46)(H,41,50)(H,42,49)(H,43,48)/t27-,28-,29-,31+,32+/m0/s1. The summed E-state index contributed by atoms with van der Waals surface area (Å²) in [5.74, 6) is -5.78. The second-order valence-corrected chi connectivity index (χ2v) is 15.3. The second kappa shape index (κ2) is 21.4. The highest BCUT2D eigenvalue weighted by molar-refractivity contribution is 6.14. The van der Waals surface area contributed by atoms with Crippen LogP contribution < -0.4 is 27.0 Å². The van der Waals surface area contributed by atoms with Gasteiger partial charge in [-0.3, -0.25) is 33.6 Å². The molecule has 0 saturated heterocycles. The predicted octanol–water partition coefficient (Wildman–Crippen LogP) is 2.03.